The molecule has 0 N–H and O–H groups in total. The van der Waals surface area contributed by atoms with Crippen LogP contribution in [0.5, 0.6) is 0 Å². The number of fused-ring (bicyclic) bond motifs is 9. The van der Waals surface area contributed by atoms with Crippen LogP contribution in [0, 0.1) is 0 Å². The summed E-state index contributed by atoms with van der Waals surface area (Å²) in [6.07, 6.45) is 0. The van der Waals surface area contributed by atoms with Gasteiger partial charge >= 0.3 is 0 Å². The van der Waals surface area contributed by atoms with E-state index >= 15 is 0 Å². The highest BCUT2D eigenvalue weighted by molar-refractivity contribution is 6.11. The molecule has 3 aromatic heterocycles. The van der Waals surface area contributed by atoms with Gasteiger partial charge in [0, 0.05) is 38.6 Å². The molecule has 68 heavy (non-hydrogen) atoms. The highest BCUT2D eigenvalue weighted by Crippen LogP contribution is 2.48. The molecule has 9 aromatic carbocycles. The van der Waals surface area contributed by atoms with Gasteiger partial charge in [-0.25, -0.2) is 29.9 Å². The summed E-state index contributed by atoms with van der Waals surface area (Å²) in [4.78, 5) is 31.3. The third-order valence-corrected chi connectivity index (χ3v) is 12.9. The van der Waals surface area contributed by atoms with E-state index in [1.54, 1.807) is 0 Å². The Morgan fingerprint density at radius 2 is 0.809 bits per heavy atom. The molecule has 4 heterocycles. The van der Waals surface area contributed by atoms with E-state index in [4.69, 9.17) is 36.8 Å². The van der Waals surface area contributed by atoms with Gasteiger partial charge in [0.25, 0.3) is 0 Å². The molecule has 0 radical (unpaired) electrons. The molecule has 1 aliphatic rings. The second-order valence-corrected chi connectivity index (χ2v) is 16.7. The van der Waals surface area contributed by atoms with Crippen molar-refractivity contribution in [3.63, 3.8) is 0 Å². The number of rotatable bonds is 7. The van der Waals surface area contributed by atoms with Crippen molar-refractivity contribution in [1.29, 1.82) is 0 Å². The van der Waals surface area contributed by atoms with Crippen LogP contribution in [0.25, 0.3) is 95.6 Å². The minimum absolute atomic E-state index is 0.0615. The summed E-state index contributed by atoms with van der Waals surface area (Å²) in [6.45, 7) is 0. The summed E-state index contributed by atoms with van der Waals surface area (Å²) in [5.74, 6) is 1.82. The Morgan fingerprint density at radius 3 is 1.43 bits per heavy atom. The Kier molecular flexibility index (Phi) is 8.07. The first-order valence-electron chi connectivity index (χ1n) is 24.9. The predicted octanol–water partition coefficient (Wildman–Crippen LogP) is 13.9. The van der Waals surface area contributed by atoms with Crippen LogP contribution in [0.3, 0.4) is 0 Å². The van der Waals surface area contributed by atoms with Crippen molar-refractivity contribution in [3.05, 3.63) is 259 Å². The van der Waals surface area contributed by atoms with Gasteiger partial charge in [0.15, 0.2) is 34.9 Å². The average Bonchev–Trinajstić information content (AvgIpc) is 3.78. The highest BCUT2D eigenvalue weighted by atomic mass is 15.1. The molecule has 318 valence electrons. The maximum Gasteiger partial charge on any atom is 0.165 e. The zero-order chi connectivity index (χ0) is 49.4. The molecule has 4 bridgehead atoms. The van der Waals surface area contributed by atoms with Crippen molar-refractivity contribution in [2.45, 2.75) is 5.41 Å². The lowest BCUT2D eigenvalue weighted by Crippen LogP contribution is -2.34. The van der Waals surface area contributed by atoms with Crippen molar-refractivity contribution in [2.24, 2.45) is 0 Å². The van der Waals surface area contributed by atoms with Gasteiger partial charge < -0.3 is 4.57 Å². The van der Waals surface area contributed by atoms with E-state index in [-0.39, 0.29) is 23.0 Å². The first kappa shape index (κ1) is 34.2. The zero-order valence-corrected chi connectivity index (χ0v) is 36.3. The van der Waals surface area contributed by atoms with E-state index < -0.39 is 35.6 Å². The van der Waals surface area contributed by atoms with E-state index in [9.17, 15) is 0 Å². The summed E-state index contributed by atoms with van der Waals surface area (Å²) < 4.78 is 45.6. The Balaban J connectivity index is 1.18. The van der Waals surface area contributed by atoms with E-state index in [1.165, 1.54) is 0 Å². The number of aromatic nitrogens is 7. The quantitative estimate of drug-likeness (QED) is 0.159. The second kappa shape index (κ2) is 16.0. The summed E-state index contributed by atoms with van der Waals surface area (Å²) in [5, 5.41) is 2.12. The third-order valence-electron chi connectivity index (χ3n) is 12.9. The van der Waals surface area contributed by atoms with E-state index in [0.29, 0.717) is 34.2 Å². The summed E-state index contributed by atoms with van der Waals surface area (Å²) in [6, 6.07) is 67.5. The van der Waals surface area contributed by atoms with Crippen molar-refractivity contribution < 1.29 is 6.85 Å². The second-order valence-electron chi connectivity index (χ2n) is 16.7. The molecule has 12 aromatic rings. The fourth-order valence-electron chi connectivity index (χ4n) is 9.71. The fourth-order valence-corrected chi connectivity index (χ4v) is 9.71. The number of hydrogen-bond acceptors (Lipinski definition) is 6. The largest absolute Gasteiger partial charge is 0.308 e. The lowest BCUT2D eigenvalue weighted by molar-refractivity contribution is 0.675. The SMILES string of the molecule is [2H]c1c([2H])c([2H])c(-c2nc(-c3ccccc3)nc(-c3ccc4c(c3)-c3nc(-c5ccccc5)nc(n3)C(c3ccccc3)(c3ccccc3)c3ccc5c6ccc(-c7ccccc7)cc6n-4c5c3)n2)c([2H])c1[2H]. The van der Waals surface area contributed by atoms with Crippen LogP contribution >= 0.6 is 0 Å². The van der Waals surface area contributed by atoms with E-state index in [0.717, 1.165) is 60.9 Å². The molecule has 0 fully saturated rings. The molecule has 7 nitrogen and oxygen atoms in total. The minimum Gasteiger partial charge on any atom is -0.308 e. The number of benzene rings is 9. The molecule has 0 saturated heterocycles. The molecule has 0 spiro atoms. The van der Waals surface area contributed by atoms with Crippen LogP contribution in [0.4, 0.5) is 0 Å². The molecular weight excluding hydrogens is 831 g/mol. The topological polar surface area (TPSA) is 82.3 Å². The first-order valence-corrected chi connectivity index (χ1v) is 22.4. The summed E-state index contributed by atoms with van der Waals surface area (Å²) in [5.41, 5.74) is 9.25. The Labute approximate surface area is 399 Å². The van der Waals surface area contributed by atoms with Gasteiger partial charge in [-0.3, -0.25) is 0 Å². The number of hydrogen-bond donors (Lipinski definition) is 0. The zero-order valence-electron chi connectivity index (χ0n) is 41.3. The minimum atomic E-state index is -1.05. The number of nitrogens with zero attached hydrogens (tertiary/aromatic N) is 7. The molecule has 1 aliphatic heterocycles. The lowest BCUT2D eigenvalue weighted by atomic mass is 9.68. The first-order chi connectivity index (χ1) is 35.8. The molecule has 13 rings (SSSR count). The predicted molar refractivity (Wildman–Crippen MR) is 272 cm³/mol. The normalized spacial score (nSPS) is 13.6. The van der Waals surface area contributed by atoms with Crippen LogP contribution in [0.1, 0.15) is 29.4 Å². The van der Waals surface area contributed by atoms with Gasteiger partial charge in [0.05, 0.1) is 23.6 Å². The van der Waals surface area contributed by atoms with Crippen molar-refractivity contribution >= 4 is 21.8 Å². The average molecular weight is 875 g/mol. The molecule has 0 atom stereocenters. The maximum atomic E-state index is 8.95. The third kappa shape index (κ3) is 6.43. The molecule has 0 unspecified atom stereocenters. The van der Waals surface area contributed by atoms with Gasteiger partial charge in [-0.15, -0.1) is 0 Å². The lowest BCUT2D eigenvalue weighted by Gasteiger charge is -2.35. The molecule has 7 heteroatoms. The van der Waals surface area contributed by atoms with Gasteiger partial charge in [-0.1, -0.05) is 206 Å². The molecule has 0 amide bonds. The van der Waals surface area contributed by atoms with Crippen LogP contribution in [0.15, 0.2) is 236 Å². The smallest absolute Gasteiger partial charge is 0.165 e. The highest BCUT2D eigenvalue weighted by Gasteiger charge is 2.43. The van der Waals surface area contributed by atoms with Gasteiger partial charge in [0.2, 0.25) is 0 Å². The van der Waals surface area contributed by atoms with Crippen molar-refractivity contribution in [1.82, 2.24) is 34.5 Å². The monoisotopic (exact) mass is 874 g/mol. The van der Waals surface area contributed by atoms with Gasteiger partial charge in [0.1, 0.15) is 5.41 Å². The summed E-state index contributed by atoms with van der Waals surface area (Å²) >= 11 is 0. The van der Waals surface area contributed by atoms with Crippen molar-refractivity contribution in [3.8, 4) is 73.8 Å². The standard InChI is InChI=1S/C61H39N7/c1-7-19-40(20-8-1)44-31-34-49-50-35-33-48-39-54(50)68(53(49)38-44)52-36-32-45(58-63-55(41-21-9-2-10-22-41)62-56(64-58)42-23-11-3-12-24-42)37-51(52)59-65-57(43-25-13-4-14-26-43)66-60(67-59)61(48,46-27-15-5-16-28-46)47-29-17-6-18-30-47/h1-39H/i2D,9D,10D,21D,22D. The van der Waals surface area contributed by atoms with Gasteiger partial charge in [-0.2, -0.15) is 0 Å². The molecule has 0 aliphatic carbocycles. The Morgan fingerprint density at radius 1 is 0.338 bits per heavy atom. The Hall–Kier alpha value is -9.20. The van der Waals surface area contributed by atoms with E-state index in [2.05, 4.69) is 102 Å². The van der Waals surface area contributed by atoms with Crippen molar-refractivity contribution in [2.75, 3.05) is 0 Å². The van der Waals surface area contributed by atoms with E-state index in [1.807, 2.05) is 109 Å². The summed E-state index contributed by atoms with van der Waals surface area (Å²) in [7, 11) is 0. The maximum absolute atomic E-state index is 8.95. The Bertz CT molecular complexity index is 4070. The van der Waals surface area contributed by atoms with Crippen LogP contribution in [0.2, 0.25) is 0 Å². The van der Waals surface area contributed by atoms with Crippen LogP contribution in [-0.4, -0.2) is 34.5 Å². The molecule has 0 saturated carbocycles. The van der Waals surface area contributed by atoms with Crippen LogP contribution < -0.4 is 0 Å². The fraction of sp³-hybridized carbons (Fsp3) is 0.0164. The van der Waals surface area contributed by atoms with Crippen LogP contribution in [-0.2, 0) is 5.41 Å². The molecular formula is C61H39N7. The van der Waals surface area contributed by atoms with Gasteiger partial charge in [-0.05, 0) is 58.1 Å².